The van der Waals surface area contributed by atoms with Crippen molar-refractivity contribution in [3.8, 4) is 0 Å². The molecule has 4 rings (SSSR count). The van der Waals surface area contributed by atoms with E-state index in [0.717, 1.165) is 24.2 Å². The van der Waals surface area contributed by atoms with E-state index in [-0.39, 0.29) is 17.8 Å². The van der Waals surface area contributed by atoms with Crippen molar-refractivity contribution in [2.45, 2.75) is 25.4 Å². The molecule has 0 spiro atoms. The fourth-order valence-electron chi connectivity index (χ4n) is 2.78. The SMILES string of the molecule is O=C(Nc1ccccc1F)N(Cc1cnc2ccccn12)C1CC1. The highest BCUT2D eigenvalue weighted by atomic mass is 19.1. The summed E-state index contributed by atoms with van der Waals surface area (Å²) < 4.78 is 15.7. The molecule has 1 saturated carbocycles. The van der Waals surface area contributed by atoms with Crippen molar-refractivity contribution in [2.24, 2.45) is 0 Å². The van der Waals surface area contributed by atoms with Crippen molar-refractivity contribution in [3.05, 3.63) is 66.4 Å². The molecule has 3 aromatic rings. The minimum absolute atomic E-state index is 0.200. The van der Waals surface area contributed by atoms with Crippen LogP contribution in [0.15, 0.2) is 54.9 Å². The second-order valence-electron chi connectivity index (χ2n) is 5.95. The fourth-order valence-corrected chi connectivity index (χ4v) is 2.78. The quantitative estimate of drug-likeness (QED) is 0.796. The van der Waals surface area contributed by atoms with Crippen LogP contribution < -0.4 is 5.32 Å². The van der Waals surface area contributed by atoms with Crippen molar-refractivity contribution in [1.29, 1.82) is 0 Å². The number of nitrogens with one attached hydrogen (secondary N) is 1. The summed E-state index contributed by atoms with van der Waals surface area (Å²) >= 11 is 0. The monoisotopic (exact) mass is 324 g/mol. The molecule has 6 heteroatoms. The topological polar surface area (TPSA) is 49.6 Å². The van der Waals surface area contributed by atoms with Crippen molar-refractivity contribution < 1.29 is 9.18 Å². The predicted octanol–water partition coefficient (Wildman–Crippen LogP) is 3.67. The fraction of sp³-hybridized carbons (Fsp3) is 0.222. The molecule has 2 amide bonds. The molecule has 1 aliphatic carbocycles. The lowest BCUT2D eigenvalue weighted by Gasteiger charge is -2.22. The largest absolute Gasteiger partial charge is 0.322 e. The number of pyridine rings is 1. The Kier molecular flexibility index (Phi) is 3.65. The van der Waals surface area contributed by atoms with Crippen LogP contribution in [-0.2, 0) is 6.54 Å². The highest BCUT2D eigenvalue weighted by Gasteiger charge is 2.33. The van der Waals surface area contributed by atoms with Gasteiger partial charge in [-0.25, -0.2) is 14.2 Å². The summed E-state index contributed by atoms with van der Waals surface area (Å²) in [5, 5.41) is 2.67. The summed E-state index contributed by atoms with van der Waals surface area (Å²) in [6.07, 6.45) is 5.65. The molecule has 0 aliphatic heterocycles. The maximum atomic E-state index is 13.8. The van der Waals surface area contributed by atoms with Crippen LogP contribution in [0.4, 0.5) is 14.9 Å². The Bertz CT molecular complexity index is 887. The Hall–Kier alpha value is -2.89. The molecule has 5 nitrogen and oxygen atoms in total. The van der Waals surface area contributed by atoms with Crippen LogP contribution in [-0.4, -0.2) is 26.4 Å². The number of nitrogens with zero attached hydrogens (tertiary/aromatic N) is 3. The summed E-state index contributed by atoms with van der Waals surface area (Å²) in [7, 11) is 0. The van der Waals surface area contributed by atoms with Gasteiger partial charge in [0.05, 0.1) is 24.1 Å². The van der Waals surface area contributed by atoms with Crippen molar-refractivity contribution >= 4 is 17.4 Å². The summed E-state index contributed by atoms with van der Waals surface area (Å²) in [5.74, 6) is -0.434. The molecule has 1 aromatic carbocycles. The Morgan fingerprint density at radius 1 is 1.25 bits per heavy atom. The molecule has 0 unspecified atom stereocenters. The summed E-state index contributed by atoms with van der Waals surface area (Å²) in [6, 6.07) is 11.9. The highest BCUT2D eigenvalue weighted by Crippen LogP contribution is 2.29. The van der Waals surface area contributed by atoms with Gasteiger partial charge in [0.2, 0.25) is 0 Å². The lowest BCUT2D eigenvalue weighted by Crippen LogP contribution is -2.36. The zero-order valence-electron chi connectivity index (χ0n) is 13.0. The first-order valence-corrected chi connectivity index (χ1v) is 7.95. The molecule has 24 heavy (non-hydrogen) atoms. The number of hydrogen-bond donors (Lipinski definition) is 1. The van der Waals surface area contributed by atoms with Gasteiger partial charge in [-0.1, -0.05) is 18.2 Å². The van der Waals surface area contributed by atoms with E-state index in [1.165, 1.54) is 6.07 Å². The van der Waals surface area contributed by atoms with E-state index in [1.54, 1.807) is 29.3 Å². The van der Waals surface area contributed by atoms with Crippen LogP contribution >= 0.6 is 0 Å². The number of rotatable bonds is 4. The number of benzene rings is 1. The van der Waals surface area contributed by atoms with E-state index in [9.17, 15) is 9.18 Å². The second-order valence-corrected chi connectivity index (χ2v) is 5.95. The van der Waals surface area contributed by atoms with Crippen molar-refractivity contribution in [1.82, 2.24) is 14.3 Å². The van der Waals surface area contributed by atoms with Gasteiger partial charge in [0.25, 0.3) is 0 Å². The number of hydrogen-bond acceptors (Lipinski definition) is 2. The lowest BCUT2D eigenvalue weighted by molar-refractivity contribution is 0.205. The molecule has 1 fully saturated rings. The minimum Gasteiger partial charge on any atom is -0.316 e. The van der Waals surface area contributed by atoms with Crippen LogP contribution in [0.3, 0.4) is 0 Å². The Morgan fingerprint density at radius 3 is 2.83 bits per heavy atom. The second kappa shape index (κ2) is 5.96. The molecule has 2 heterocycles. The third-order valence-electron chi connectivity index (χ3n) is 4.19. The molecule has 0 bridgehead atoms. The number of carbonyl (C=O) groups excluding carboxylic acids is 1. The Labute approximate surface area is 138 Å². The number of carbonyl (C=O) groups is 1. The molecular weight excluding hydrogens is 307 g/mol. The summed E-state index contributed by atoms with van der Waals surface area (Å²) in [6.45, 7) is 0.441. The minimum atomic E-state index is -0.434. The number of urea groups is 1. The number of aromatic nitrogens is 2. The number of amides is 2. The summed E-state index contributed by atoms with van der Waals surface area (Å²) in [4.78, 5) is 18.7. The van der Waals surface area contributed by atoms with Gasteiger partial charge in [0.1, 0.15) is 11.5 Å². The number of para-hydroxylation sites is 1. The number of anilines is 1. The van der Waals surface area contributed by atoms with Crippen molar-refractivity contribution in [3.63, 3.8) is 0 Å². The zero-order valence-corrected chi connectivity index (χ0v) is 13.0. The van der Waals surface area contributed by atoms with E-state index in [4.69, 9.17) is 0 Å². The molecule has 0 radical (unpaired) electrons. The molecule has 2 aromatic heterocycles. The average molecular weight is 324 g/mol. The Balaban J connectivity index is 1.56. The van der Waals surface area contributed by atoms with Gasteiger partial charge in [-0.2, -0.15) is 0 Å². The van der Waals surface area contributed by atoms with Gasteiger partial charge in [0, 0.05) is 12.2 Å². The van der Waals surface area contributed by atoms with Crippen molar-refractivity contribution in [2.75, 3.05) is 5.32 Å². The van der Waals surface area contributed by atoms with Gasteiger partial charge in [-0.05, 0) is 37.1 Å². The normalized spacial score (nSPS) is 13.9. The molecule has 1 aliphatic rings. The highest BCUT2D eigenvalue weighted by molar-refractivity contribution is 5.89. The smallest absolute Gasteiger partial charge is 0.316 e. The van der Waals surface area contributed by atoms with Gasteiger partial charge in [-0.15, -0.1) is 0 Å². The third-order valence-corrected chi connectivity index (χ3v) is 4.19. The zero-order chi connectivity index (χ0) is 16.5. The summed E-state index contributed by atoms with van der Waals surface area (Å²) in [5.41, 5.74) is 1.98. The number of imidazole rings is 1. The average Bonchev–Trinajstić information content (AvgIpc) is 3.35. The molecule has 1 N–H and O–H groups in total. The standard InChI is InChI=1S/C18H17FN4O/c19-15-5-1-2-6-16(15)21-18(24)23(13-8-9-13)12-14-11-20-17-7-3-4-10-22(14)17/h1-7,10-11,13H,8-9,12H2,(H,21,24). The van der Waals surface area contributed by atoms with Crippen LogP contribution in [0.1, 0.15) is 18.5 Å². The third kappa shape index (κ3) is 2.82. The first kappa shape index (κ1) is 14.7. The first-order chi connectivity index (χ1) is 11.7. The van der Waals surface area contributed by atoms with Gasteiger partial charge < -0.3 is 14.6 Å². The number of halogens is 1. The lowest BCUT2D eigenvalue weighted by atomic mass is 10.3. The first-order valence-electron chi connectivity index (χ1n) is 7.95. The van der Waals surface area contributed by atoms with Crippen LogP contribution in [0.25, 0.3) is 5.65 Å². The maximum absolute atomic E-state index is 13.8. The van der Waals surface area contributed by atoms with Crippen LogP contribution in [0.2, 0.25) is 0 Å². The Morgan fingerprint density at radius 2 is 2.04 bits per heavy atom. The van der Waals surface area contributed by atoms with E-state index in [2.05, 4.69) is 10.3 Å². The van der Waals surface area contributed by atoms with Crippen LogP contribution in [0.5, 0.6) is 0 Å². The van der Waals surface area contributed by atoms with Gasteiger partial charge in [0.15, 0.2) is 0 Å². The van der Waals surface area contributed by atoms with E-state index in [0.29, 0.717) is 6.54 Å². The molecule has 122 valence electrons. The van der Waals surface area contributed by atoms with Gasteiger partial charge in [-0.3, -0.25) is 0 Å². The van der Waals surface area contributed by atoms with Gasteiger partial charge >= 0.3 is 6.03 Å². The van der Waals surface area contributed by atoms with E-state index >= 15 is 0 Å². The van der Waals surface area contributed by atoms with E-state index < -0.39 is 5.82 Å². The number of fused-ring (bicyclic) bond motifs is 1. The van der Waals surface area contributed by atoms with E-state index in [1.807, 2.05) is 28.8 Å². The molecular formula is C18H17FN4O. The predicted molar refractivity (Wildman–Crippen MR) is 89.2 cm³/mol. The maximum Gasteiger partial charge on any atom is 0.322 e. The molecule has 0 atom stereocenters. The van der Waals surface area contributed by atoms with Crippen LogP contribution in [0, 0.1) is 5.82 Å². The molecule has 0 saturated heterocycles.